The Balaban J connectivity index is 3.05. The maximum absolute atomic E-state index is 11.5. The molecule has 1 amide bonds. The van der Waals surface area contributed by atoms with Gasteiger partial charge in [0.15, 0.2) is 5.69 Å². The summed E-state index contributed by atoms with van der Waals surface area (Å²) in [5.41, 5.74) is 1.54. The van der Waals surface area contributed by atoms with Crippen molar-refractivity contribution in [1.29, 1.82) is 5.26 Å². The normalized spacial score (nSPS) is 10.1. The van der Waals surface area contributed by atoms with Crippen LogP contribution in [0.25, 0.3) is 0 Å². The van der Waals surface area contributed by atoms with E-state index in [1.165, 1.54) is 4.68 Å². The number of anilines is 1. The summed E-state index contributed by atoms with van der Waals surface area (Å²) < 4.78 is 1.46. The maximum atomic E-state index is 11.5. The Morgan fingerprint density at radius 2 is 2.20 bits per heavy atom. The number of nitrogens with one attached hydrogen (secondary N) is 1. The summed E-state index contributed by atoms with van der Waals surface area (Å²) in [6, 6.07) is 2.01. The fraction of sp³-hybridized carbons (Fsp3) is 0.500. The number of amides is 1. The molecular weight excluding hydrogens is 192 g/mol. The van der Waals surface area contributed by atoms with Crippen molar-refractivity contribution in [1.82, 2.24) is 9.78 Å². The van der Waals surface area contributed by atoms with Crippen LogP contribution in [0.2, 0.25) is 0 Å². The standard InChI is InChI=1S/C10H14N4O/c1-6(2)10(15)12-9-7(3)13-14(4)8(9)5-11/h6H,1-4H3,(H,12,15). The number of nitriles is 1. The van der Waals surface area contributed by atoms with Gasteiger partial charge in [0, 0.05) is 13.0 Å². The van der Waals surface area contributed by atoms with Crippen molar-refractivity contribution in [2.75, 3.05) is 5.32 Å². The summed E-state index contributed by atoms with van der Waals surface area (Å²) >= 11 is 0. The van der Waals surface area contributed by atoms with Crippen LogP contribution in [0.5, 0.6) is 0 Å². The fourth-order valence-corrected chi connectivity index (χ4v) is 1.20. The second kappa shape index (κ2) is 4.13. The second-order valence-electron chi connectivity index (χ2n) is 3.69. The first-order valence-electron chi connectivity index (χ1n) is 4.72. The number of carbonyl (C=O) groups excluding carboxylic acids is 1. The lowest BCUT2D eigenvalue weighted by Gasteiger charge is -2.06. The van der Waals surface area contributed by atoms with Crippen LogP contribution in [0.4, 0.5) is 5.69 Å². The predicted molar refractivity (Wildman–Crippen MR) is 56.1 cm³/mol. The first-order valence-corrected chi connectivity index (χ1v) is 4.72. The summed E-state index contributed by atoms with van der Waals surface area (Å²) in [5.74, 6) is -0.223. The van der Waals surface area contributed by atoms with Crippen molar-refractivity contribution in [3.63, 3.8) is 0 Å². The molecule has 0 aromatic carbocycles. The third kappa shape index (κ3) is 2.15. The number of carbonyl (C=O) groups is 1. The Morgan fingerprint density at radius 3 is 2.67 bits per heavy atom. The SMILES string of the molecule is Cc1nn(C)c(C#N)c1NC(=O)C(C)C. The van der Waals surface area contributed by atoms with E-state index in [0.29, 0.717) is 17.1 Å². The van der Waals surface area contributed by atoms with E-state index in [1.807, 2.05) is 6.07 Å². The zero-order valence-corrected chi connectivity index (χ0v) is 9.33. The second-order valence-corrected chi connectivity index (χ2v) is 3.69. The van der Waals surface area contributed by atoms with Crippen LogP contribution in [0, 0.1) is 24.2 Å². The molecule has 0 saturated heterocycles. The van der Waals surface area contributed by atoms with Gasteiger partial charge in [-0.25, -0.2) is 0 Å². The van der Waals surface area contributed by atoms with Crippen LogP contribution in [0.1, 0.15) is 25.2 Å². The maximum Gasteiger partial charge on any atom is 0.227 e. The van der Waals surface area contributed by atoms with E-state index in [0.717, 1.165) is 0 Å². The summed E-state index contributed by atoms with van der Waals surface area (Å²) in [6.07, 6.45) is 0. The summed E-state index contributed by atoms with van der Waals surface area (Å²) in [5, 5.41) is 15.7. The summed E-state index contributed by atoms with van der Waals surface area (Å²) in [7, 11) is 1.68. The van der Waals surface area contributed by atoms with Crippen LogP contribution in [0.3, 0.4) is 0 Å². The van der Waals surface area contributed by atoms with Gasteiger partial charge in [-0.2, -0.15) is 10.4 Å². The zero-order chi connectivity index (χ0) is 11.6. The van der Waals surface area contributed by atoms with E-state index >= 15 is 0 Å². The average Bonchev–Trinajstić information content (AvgIpc) is 2.41. The molecule has 0 radical (unpaired) electrons. The van der Waals surface area contributed by atoms with E-state index in [4.69, 9.17) is 5.26 Å². The Bertz CT molecular complexity index is 425. The lowest BCUT2D eigenvalue weighted by molar-refractivity contribution is -0.118. The van der Waals surface area contributed by atoms with Gasteiger partial charge in [-0.1, -0.05) is 13.8 Å². The molecule has 0 fully saturated rings. The highest BCUT2D eigenvalue weighted by atomic mass is 16.1. The lowest BCUT2D eigenvalue weighted by Crippen LogP contribution is -2.18. The molecule has 1 N–H and O–H groups in total. The minimum atomic E-state index is -0.115. The number of nitrogens with zero attached hydrogens (tertiary/aromatic N) is 3. The Labute approximate surface area is 88.7 Å². The monoisotopic (exact) mass is 206 g/mol. The van der Waals surface area contributed by atoms with Crippen LogP contribution >= 0.6 is 0 Å². The molecule has 1 heterocycles. The molecule has 5 heteroatoms. The van der Waals surface area contributed by atoms with E-state index in [9.17, 15) is 4.79 Å². The minimum Gasteiger partial charge on any atom is -0.322 e. The van der Waals surface area contributed by atoms with E-state index in [-0.39, 0.29) is 11.8 Å². The average molecular weight is 206 g/mol. The van der Waals surface area contributed by atoms with E-state index < -0.39 is 0 Å². The fourth-order valence-electron chi connectivity index (χ4n) is 1.20. The molecule has 5 nitrogen and oxygen atoms in total. The van der Waals surface area contributed by atoms with Gasteiger partial charge >= 0.3 is 0 Å². The first kappa shape index (κ1) is 11.2. The zero-order valence-electron chi connectivity index (χ0n) is 9.33. The predicted octanol–water partition coefficient (Wildman–Crippen LogP) is 1.19. The molecule has 1 rings (SSSR count). The number of hydrogen-bond acceptors (Lipinski definition) is 3. The lowest BCUT2D eigenvalue weighted by atomic mass is 10.2. The van der Waals surface area contributed by atoms with Crippen molar-refractivity contribution in [3.05, 3.63) is 11.4 Å². The van der Waals surface area contributed by atoms with E-state index in [1.54, 1.807) is 27.8 Å². The van der Waals surface area contributed by atoms with Gasteiger partial charge in [-0.3, -0.25) is 9.48 Å². The molecule has 0 aliphatic carbocycles. The highest BCUT2D eigenvalue weighted by molar-refractivity contribution is 5.93. The number of rotatable bonds is 2. The molecule has 0 bridgehead atoms. The first-order chi connectivity index (χ1) is 6.97. The highest BCUT2D eigenvalue weighted by Crippen LogP contribution is 2.19. The summed E-state index contributed by atoms with van der Waals surface area (Å²) in [4.78, 5) is 11.5. The molecule has 0 spiro atoms. The quantitative estimate of drug-likeness (QED) is 0.790. The molecule has 1 aromatic rings. The summed E-state index contributed by atoms with van der Waals surface area (Å²) in [6.45, 7) is 5.36. The largest absolute Gasteiger partial charge is 0.322 e. The van der Waals surface area contributed by atoms with Gasteiger partial charge in [0.05, 0.1) is 5.69 Å². The third-order valence-corrected chi connectivity index (χ3v) is 2.10. The molecule has 0 aliphatic heterocycles. The van der Waals surface area contributed by atoms with Crippen LogP contribution in [-0.2, 0) is 11.8 Å². The molecule has 0 unspecified atom stereocenters. The van der Waals surface area contributed by atoms with Crippen LogP contribution < -0.4 is 5.32 Å². The third-order valence-electron chi connectivity index (χ3n) is 2.10. The smallest absolute Gasteiger partial charge is 0.227 e. The molecule has 80 valence electrons. The molecule has 15 heavy (non-hydrogen) atoms. The van der Waals surface area contributed by atoms with Crippen LogP contribution in [-0.4, -0.2) is 15.7 Å². The van der Waals surface area contributed by atoms with Crippen LogP contribution in [0.15, 0.2) is 0 Å². The number of hydrogen-bond donors (Lipinski definition) is 1. The number of aromatic nitrogens is 2. The minimum absolute atomic E-state index is 0.109. The van der Waals surface area contributed by atoms with Gasteiger partial charge in [0.25, 0.3) is 0 Å². The van der Waals surface area contributed by atoms with Gasteiger partial charge in [-0.05, 0) is 6.92 Å². The Hall–Kier alpha value is -1.83. The topological polar surface area (TPSA) is 70.7 Å². The van der Waals surface area contributed by atoms with E-state index in [2.05, 4.69) is 10.4 Å². The molecule has 1 aromatic heterocycles. The van der Waals surface area contributed by atoms with Gasteiger partial charge in [0.1, 0.15) is 11.8 Å². The number of aryl methyl sites for hydroxylation is 2. The molecular formula is C10H14N4O. The molecule has 0 aliphatic rings. The Morgan fingerprint density at radius 1 is 1.60 bits per heavy atom. The van der Waals surface area contributed by atoms with Crippen molar-refractivity contribution >= 4 is 11.6 Å². The van der Waals surface area contributed by atoms with Gasteiger partial charge in [0.2, 0.25) is 5.91 Å². The Kier molecular flexibility index (Phi) is 3.10. The van der Waals surface area contributed by atoms with Crippen molar-refractivity contribution < 1.29 is 4.79 Å². The van der Waals surface area contributed by atoms with Gasteiger partial charge < -0.3 is 5.32 Å². The molecule has 0 saturated carbocycles. The van der Waals surface area contributed by atoms with Gasteiger partial charge in [-0.15, -0.1) is 0 Å². The van der Waals surface area contributed by atoms with Crippen molar-refractivity contribution in [2.45, 2.75) is 20.8 Å². The van der Waals surface area contributed by atoms with Crippen molar-refractivity contribution in [2.24, 2.45) is 13.0 Å². The highest BCUT2D eigenvalue weighted by Gasteiger charge is 2.16. The van der Waals surface area contributed by atoms with Crippen molar-refractivity contribution in [3.8, 4) is 6.07 Å². The molecule has 0 atom stereocenters.